The lowest BCUT2D eigenvalue weighted by molar-refractivity contribution is -0.134. The number of hydrogen-bond acceptors (Lipinski definition) is 6. The van der Waals surface area contributed by atoms with Gasteiger partial charge in [-0.2, -0.15) is 5.01 Å². The number of nitrogens with one attached hydrogen (secondary N) is 1. The number of benzene rings is 2. The van der Waals surface area contributed by atoms with Gasteiger partial charge < -0.3 is 9.64 Å². The van der Waals surface area contributed by atoms with Gasteiger partial charge in [0.05, 0.1) is 20.0 Å². The molecule has 2 amide bonds. The average molecular weight is 517 g/mol. The summed E-state index contributed by atoms with van der Waals surface area (Å²) < 4.78 is 5.58. The lowest BCUT2D eigenvalue weighted by atomic mass is 10.2. The van der Waals surface area contributed by atoms with Gasteiger partial charge in [0.25, 0.3) is 11.8 Å². The molecular weight excluding hydrogens is 501 g/mol. The summed E-state index contributed by atoms with van der Waals surface area (Å²) in [6, 6.07) is 10.5. The first-order chi connectivity index (χ1) is 14.7. The van der Waals surface area contributed by atoms with Crippen LogP contribution in [0.1, 0.15) is 5.56 Å². The predicted molar refractivity (Wildman–Crippen MR) is 131 cm³/mol. The lowest BCUT2D eigenvalue weighted by Crippen LogP contribution is -2.46. The Kier molecular flexibility index (Phi) is 7.72. The van der Waals surface area contributed by atoms with E-state index in [1.54, 1.807) is 6.08 Å². The van der Waals surface area contributed by atoms with Crippen molar-refractivity contribution in [2.45, 2.75) is 0 Å². The quantitative estimate of drug-likeness (QED) is 0.330. The van der Waals surface area contributed by atoms with Gasteiger partial charge in [-0.3, -0.25) is 15.0 Å². The van der Waals surface area contributed by atoms with Crippen LogP contribution in [0.4, 0.5) is 5.69 Å². The van der Waals surface area contributed by atoms with Crippen molar-refractivity contribution in [2.24, 2.45) is 0 Å². The Morgan fingerprint density at radius 2 is 1.81 bits per heavy atom. The summed E-state index contributed by atoms with van der Waals surface area (Å²) in [7, 11) is 3.89. The van der Waals surface area contributed by atoms with Gasteiger partial charge in [0, 0.05) is 25.8 Å². The Labute approximate surface area is 204 Å². The molecule has 0 atom stereocenters. The van der Waals surface area contributed by atoms with Crippen LogP contribution in [-0.2, 0) is 9.59 Å². The lowest BCUT2D eigenvalue weighted by Gasteiger charge is -2.16. The molecule has 0 bridgehead atoms. The Balaban J connectivity index is 1.63. The van der Waals surface area contributed by atoms with Gasteiger partial charge in [-0.05, 0) is 42.1 Å². The monoisotopic (exact) mass is 515 g/mol. The van der Waals surface area contributed by atoms with Crippen LogP contribution in [0.25, 0.3) is 6.08 Å². The molecule has 1 saturated heterocycles. The highest BCUT2D eigenvalue weighted by atomic mass is 35.5. The van der Waals surface area contributed by atoms with Gasteiger partial charge in [0.15, 0.2) is 10.9 Å². The molecule has 2 aromatic carbocycles. The summed E-state index contributed by atoms with van der Waals surface area (Å²) in [5.41, 5.74) is 4.33. The zero-order valence-corrected chi connectivity index (χ0v) is 20.2. The number of thioether (sulfide) groups is 1. The zero-order chi connectivity index (χ0) is 22.7. The van der Waals surface area contributed by atoms with E-state index in [9.17, 15) is 9.59 Å². The Morgan fingerprint density at radius 3 is 2.45 bits per heavy atom. The number of nitrogens with zero attached hydrogens (tertiary/aromatic N) is 2. The number of rotatable bonds is 6. The number of carbonyl (C=O) groups is 2. The minimum atomic E-state index is -0.588. The normalized spacial score (nSPS) is 14.9. The maximum Gasteiger partial charge on any atom is 0.285 e. The van der Waals surface area contributed by atoms with E-state index in [0.717, 1.165) is 28.0 Å². The van der Waals surface area contributed by atoms with Gasteiger partial charge in [-0.15, -0.1) is 0 Å². The van der Waals surface area contributed by atoms with Gasteiger partial charge in [-0.25, -0.2) is 0 Å². The van der Waals surface area contributed by atoms with E-state index < -0.39 is 18.4 Å². The van der Waals surface area contributed by atoms with Crippen LogP contribution in [0.2, 0.25) is 15.1 Å². The smallest absolute Gasteiger partial charge is 0.285 e. The Hall–Kier alpha value is -1.97. The predicted octanol–water partition coefficient (Wildman–Crippen LogP) is 5.02. The van der Waals surface area contributed by atoms with Crippen LogP contribution in [0.5, 0.6) is 5.75 Å². The number of ether oxygens (including phenoxy) is 1. The molecule has 1 aliphatic rings. The fraction of sp³-hybridized carbons (Fsp3) is 0.150. The number of anilines is 1. The first kappa shape index (κ1) is 23.7. The van der Waals surface area contributed by atoms with Crippen molar-refractivity contribution in [3.8, 4) is 5.75 Å². The summed E-state index contributed by atoms with van der Waals surface area (Å²) in [4.78, 5) is 27.3. The van der Waals surface area contributed by atoms with Gasteiger partial charge >= 0.3 is 0 Å². The molecule has 31 heavy (non-hydrogen) atoms. The molecule has 0 spiro atoms. The molecule has 3 rings (SSSR count). The second-order valence-corrected chi connectivity index (χ2v) is 9.42. The summed E-state index contributed by atoms with van der Waals surface area (Å²) in [6.45, 7) is -0.403. The van der Waals surface area contributed by atoms with Crippen LogP contribution in [-0.4, -0.2) is 41.8 Å². The number of halogens is 3. The molecule has 0 aliphatic carbocycles. The number of carbonyl (C=O) groups excluding carboxylic acids is 2. The van der Waals surface area contributed by atoms with Gasteiger partial charge in [0.1, 0.15) is 5.75 Å². The molecule has 0 saturated carbocycles. The third-order valence-electron chi connectivity index (χ3n) is 4.07. The van der Waals surface area contributed by atoms with Crippen molar-refractivity contribution in [1.82, 2.24) is 10.4 Å². The summed E-state index contributed by atoms with van der Waals surface area (Å²) in [5, 5.41) is 1.73. The minimum absolute atomic E-state index is 0.192. The standard InChI is InChI=1S/C20H16Cl3N3O3S2/c1-25(2)12-5-3-11(4-6-12)7-17-19(28)26(20(30)31-17)24-18(27)10-29-16-9-14(22)13(21)8-15(16)23/h3-9H,10H2,1-2H3,(H,24,27)/b17-7-. The molecule has 1 fully saturated rings. The second-order valence-electron chi connectivity index (χ2n) is 6.52. The SMILES string of the molecule is CN(C)c1ccc(/C=C2\SC(=S)N(NC(=O)COc3cc(Cl)c(Cl)cc3Cl)C2=O)cc1. The third-order valence-corrected chi connectivity index (χ3v) is 6.39. The highest BCUT2D eigenvalue weighted by molar-refractivity contribution is 8.26. The fourth-order valence-electron chi connectivity index (χ4n) is 2.50. The number of hydrogen-bond donors (Lipinski definition) is 1. The van der Waals surface area contributed by atoms with E-state index in [-0.39, 0.29) is 25.1 Å². The van der Waals surface area contributed by atoms with E-state index in [0.29, 0.717) is 4.91 Å². The molecule has 6 nitrogen and oxygen atoms in total. The van der Waals surface area contributed by atoms with E-state index in [1.807, 2.05) is 43.3 Å². The van der Waals surface area contributed by atoms with Crippen molar-refractivity contribution in [3.05, 3.63) is 61.9 Å². The number of amides is 2. The van der Waals surface area contributed by atoms with E-state index in [1.165, 1.54) is 12.1 Å². The highest BCUT2D eigenvalue weighted by Crippen LogP contribution is 2.34. The molecule has 11 heteroatoms. The van der Waals surface area contributed by atoms with E-state index in [2.05, 4.69) is 5.43 Å². The first-order valence-corrected chi connectivity index (χ1v) is 11.1. The van der Waals surface area contributed by atoms with Crippen LogP contribution in [0, 0.1) is 0 Å². The summed E-state index contributed by atoms with van der Waals surface area (Å²) >= 11 is 24.2. The van der Waals surface area contributed by atoms with Crippen LogP contribution in [0.3, 0.4) is 0 Å². The molecule has 0 radical (unpaired) electrons. The molecule has 2 aromatic rings. The summed E-state index contributed by atoms with van der Waals surface area (Å²) in [5.74, 6) is -0.819. The molecule has 0 aromatic heterocycles. The maximum atomic E-state index is 12.7. The van der Waals surface area contributed by atoms with Crippen molar-refractivity contribution in [1.29, 1.82) is 0 Å². The van der Waals surface area contributed by atoms with Crippen LogP contribution >= 0.6 is 58.8 Å². The Morgan fingerprint density at radius 1 is 1.16 bits per heavy atom. The molecule has 0 unspecified atom stereocenters. The maximum absolute atomic E-state index is 12.7. The van der Waals surface area contributed by atoms with Crippen LogP contribution < -0.4 is 15.1 Å². The van der Waals surface area contributed by atoms with Crippen molar-refractivity contribution >= 4 is 86.7 Å². The number of thiocarbonyl (C=S) groups is 1. The minimum Gasteiger partial charge on any atom is -0.482 e. The largest absolute Gasteiger partial charge is 0.482 e. The molecule has 162 valence electrons. The topological polar surface area (TPSA) is 61.9 Å². The summed E-state index contributed by atoms with van der Waals surface area (Å²) in [6.07, 6.45) is 1.72. The van der Waals surface area contributed by atoms with E-state index >= 15 is 0 Å². The van der Waals surface area contributed by atoms with Crippen molar-refractivity contribution < 1.29 is 14.3 Å². The average Bonchev–Trinajstić information content (AvgIpc) is 2.97. The van der Waals surface area contributed by atoms with Crippen molar-refractivity contribution in [2.75, 3.05) is 25.6 Å². The van der Waals surface area contributed by atoms with Gasteiger partial charge in [0.2, 0.25) is 0 Å². The fourth-order valence-corrected chi connectivity index (χ4v) is 4.27. The highest BCUT2D eigenvalue weighted by Gasteiger charge is 2.33. The first-order valence-electron chi connectivity index (χ1n) is 8.78. The van der Waals surface area contributed by atoms with Gasteiger partial charge in [-0.1, -0.05) is 58.7 Å². The zero-order valence-electron chi connectivity index (χ0n) is 16.3. The number of hydrazine groups is 1. The molecule has 1 aliphatic heterocycles. The van der Waals surface area contributed by atoms with Crippen molar-refractivity contribution in [3.63, 3.8) is 0 Å². The molecule has 1 N–H and O–H groups in total. The van der Waals surface area contributed by atoms with E-state index in [4.69, 9.17) is 51.8 Å². The Bertz CT molecular complexity index is 1080. The molecule has 1 heterocycles. The second kappa shape index (κ2) is 10.1. The molecular formula is C20H16Cl3N3O3S2. The van der Waals surface area contributed by atoms with Crippen LogP contribution in [0.15, 0.2) is 41.3 Å². The third kappa shape index (κ3) is 5.84.